The number of carbonyl (C=O) groups is 3. The van der Waals surface area contributed by atoms with Crippen LogP contribution in [0.4, 0.5) is 0 Å². The Morgan fingerprint density at radius 3 is 2.62 bits per heavy atom. The van der Waals surface area contributed by atoms with E-state index >= 15 is 0 Å². The molecule has 1 fully saturated rings. The lowest BCUT2D eigenvalue weighted by molar-refractivity contribution is -0.145. The van der Waals surface area contributed by atoms with Gasteiger partial charge in [0, 0.05) is 6.54 Å². The molecule has 0 aliphatic carbocycles. The minimum absolute atomic E-state index is 0.0197. The van der Waals surface area contributed by atoms with Crippen molar-refractivity contribution in [1.29, 1.82) is 0 Å². The zero-order chi connectivity index (χ0) is 15.2. The van der Waals surface area contributed by atoms with Gasteiger partial charge in [-0.15, -0.1) is 0 Å². The lowest BCUT2D eigenvalue weighted by Crippen LogP contribution is -2.43. The van der Waals surface area contributed by atoms with Gasteiger partial charge in [-0.25, -0.2) is 0 Å². The van der Waals surface area contributed by atoms with E-state index in [0.29, 0.717) is 6.54 Å². The first kappa shape index (κ1) is 15.2. The van der Waals surface area contributed by atoms with Crippen LogP contribution in [0.3, 0.4) is 0 Å². The molecule has 2 amide bonds. The van der Waals surface area contributed by atoms with E-state index < -0.39 is 12.0 Å². The summed E-state index contributed by atoms with van der Waals surface area (Å²) in [7, 11) is 0. The maximum atomic E-state index is 11.8. The number of hydrogen-bond donors (Lipinski definition) is 1. The van der Waals surface area contributed by atoms with Crippen LogP contribution < -0.4 is 5.32 Å². The molecule has 1 atom stereocenters. The summed E-state index contributed by atoms with van der Waals surface area (Å²) in [5.41, 5.74) is 0.967. The highest BCUT2D eigenvalue weighted by Gasteiger charge is 2.36. The van der Waals surface area contributed by atoms with E-state index in [4.69, 9.17) is 4.74 Å². The number of benzene rings is 1. The zero-order valence-electron chi connectivity index (χ0n) is 11.9. The van der Waals surface area contributed by atoms with Crippen molar-refractivity contribution in [1.82, 2.24) is 10.2 Å². The molecule has 0 aromatic heterocycles. The highest BCUT2D eigenvalue weighted by molar-refractivity contribution is 6.05. The first-order valence-electron chi connectivity index (χ1n) is 6.87. The molecule has 1 N–H and O–H groups in total. The highest BCUT2D eigenvalue weighted by atomic mass is 16.5. The predicted octanol–water partition coefficient (Wildman–Crippen LogP) is 0.467. The molecule has 1 unspecified atom stereocenters. The number of esters is 1. The van der Waals surface area contributed by atoms with Crippen LogP contribution in [0.15, 0.2) is 30.3 Å². The van der Waals surface area contributed by atoms with Crippen molar-refractivity contribution in [3.8, 4) is 0 Å². The van der Waals surface area contributed by atoms with Crippen LogP contribution >= 0.6 is 0 Å². The molecular formula is C15H18N2O4. The lowest BCUT2D eigenvalue weighted by Gasteiger charge is -2.25. The molecule has 0 bridgehead atoms. The Balaban J connectivity index is 2.12. The van der Waals surface area contributed by atoms with Gasteiger partial charge in [0.25, 0.3) is 0 Å². The SMILES string of the molecule is CCOC(=O)CN(Cc1ccccc1)C1CC(=O)NC1=O. The molecule has 1 aromatic rings. The molecule has 1 aliphatic rings. The van der Waals surface area contributed by atoms with Crippen LogP contribution in [0.2, 0.25) is 0 Å². The molecule has 1 aliphatic heterocycles. The van der Waals surface area contributed by atoms with E-state index in [2.05, 4.69) is 5.32 Å². The summed E-state index contributed by atoms with van der Waals surface area (Å²) >= 11 is 0. The van der Waals surface area contributed by atoms with Crippen molar-refractivity contribution in [3.63, 3.8) is 0 Å². The molecule has 1 heterocycles. The summed E-state index contributed by atoms with van der Waals surface area (Å²) in [5, 5.41) is 2.27. The minimum Gasteiger partial charge on any atom is -0.465 e. The van der Waals surface area contributed by atoms with Crippen LogP contribution in [-0.2, 0) is 25.7 Å². The molecule has 1 aromatic carbocycles. The standard InChI is InChI=1S/C15H18N2O4/c1-2-21-14(19)10-17(9-11-6-4-3-5-7-11)12-8-13(18)16-15(12)20/h3-7,12H,2,8-10H2,1H3,(H,16,18,20). The molecule has 0 saturated carbocycles. The van der Waals surface area contributed by atoms with E-state index in [9.17, 15) is 14.4 Å². The summed E-state index contributed by atoms with van der Waals surface area (Å²) in [6.45, 7) is 2.40. The van der Waals surface area contributed by atoms with E-state index in [1.165, 1.54) is 0 Å². The first-order valence-corrected chi connectivity index (χ1v) is 6.87. The summed E-state index contributed by atoms with van der Waals surface area (Å²) in [6.07, 6.45) is 0.0745. The number of imide groups is 1. The molecular weight excluding hydrogens is 272 g/mol. The summed E-state index contributed by atoms with van der Waals surface area (Å²) in [4.78, 5) is 36.6. The van der Waals surface area contributed by atoms with Crippen molar-refractivity contribution in [2.24, 2.45) is 0 Å². The fraction of sp³-hybridized carbons (Fsp3) is 0.400. The number of rotatable bonds is 6. The number of ether oxygens (including phenoxy) is 1. The van der Waals surface area contributed by atoms with Crippen LogP contribution in [0, 0.1) is 0 Å². The van der Waals surface area contributed by atoms with Gasteiger partial charge in [-0.05, 0) is 12.5 Å². The van der Waals surface area contributed by atoms with Crippen LogP contribution in [0.5, 0.6) is 0 Å². The second kappa shape index (κ2) is 6.99. The third-order valence-electron chi connectivity index (χ3n) is 3.25. The zero-order valence-corrected chi connectivity index (χ0v) is 11.9. The van der Waals surface area contributed by atoms with Gasteiger partial charge in [0.2, 0.25) is 11.8 Å². The number of carbonyl (C=O) groups excluding carboxylic acids is 3. The Hall–Kier alpha value is -2.21. The average Bonchev–Trinajstić information content (AvgIpc) is 2.78. The Kier molecular flexibility index (Phi) is 5.05. The average molecular weight is 290 g/mol. The quantitative estimate of drug-likeness (QED) is 0.609. The first-order chi connectivity index (χ1) is 10.1. The predicted molar refractivity (Wildman–Crippen MR) is 75.0 cm³/mol. The Labute approximate surface area is 123 Å². The number of hydrogen-bond acceptors (Lipinski definition) is 5. The molecule has 6 heteroatoms. The smallest absolute Gasteiger partial charge is 0.320 e. The van der Waals surface area contributed by atoms with Gasteiger partial charge >= 0.3 is 5.97 Å². The van der Waals surface area contributed by atoms with E-state index in [0.717, 1.165) is 5.56 Å². The topological polar surface area (TPSA) is 75.7 Å². The van der Waals surface area contributed by atoms with Crippen molar-refractivity contribution in [2.75, 3.05) is 13.2 Å². The van der Waals surface area contributed by atoms with Gasteiger partial charge in [0.05, 0.1) is 25.6 Å². The van der Waals surface area contributed by atoms with Crippen molar-refractivity contribution < 1.29 is 19.1 Å². The van der Waals surface area contributed by atoms with Crippen LogP contribution in [-0.4, -0.2) is 41.9 Å². The van der Waals surface area contributed by atoms with E-state index in [1.54, 1.807) is 11.8 Å². The van der Waals surface area contributed by atoms with Crippen molar-refractivity contribution in [3.05, 3.63) is 35.9 Å². The highest BCUT2D eigenvalue weighted by Crippen LogP contribution is 2.15. The Bertz CT molecular complexity index is 530. The van der Waals surface area contributed by atoms with Gasteiger partial charge in [0.1, 0.15) is 0 Å². The molecule has 2 rings (SSSR count). The van der Waals surface area contributed by atoms with E-state index in [1.807, 2.05) is 30.3 Å². The van der Waals surface area contributed by atoms with Gasteiger partial charge < -0.3 is 4.74 Å². The molecule has 21 heavy (non-hydrogen) atoms. The maximum absolute atomic E-state index is 11.8. The second-order valence-corrected chi connectivity index (χ2v) is 4.83. The molecule has 112 valence electrons. The Morgan fingerprint density at radius 2 is 2.05 bits per heavy atom. The van der Waals surface area contributed by atoms with Crippen LogP contribution in [0.25, 0.3) is 0 Å². The van der Waals surface area contributed by atoms with Crippen molar-refractivity contribution in [2.45, 2.75) is 25.9 Å². The molecule has 0 radical (unpaired) electrons. The van der Waals surface area contributed by atoms with Gasteiger partial charge in [0.15, 0.2) is 0 Å². The van der Waals surface area contributed by atoms with Gasteiger partial charge in [-0.1, -0.05) is 30.3 Å². The molecule has 0 spiro atoms. The second-order valence-electron chi connectivity index (χ2n) is 4.83. The lowest BCUT2D eigenvalue weighted by atomic mass is 10.1. The van der Waals surface area contributed by atoms with Crippen molar-refractivity contribution >= 4 is 17.8 Å². The summed E-state index contributed by atoms with van der Waals surface area (Å²) < 4.78 is 4.93. The van der Waals surface area contributed by atoms with E-state index in [-0.39, 0.29) is 31.4 Å². The number of amides is 2. The monoisotopic (exact) mass is 290 g/mol. The van der Waals surface area contributed by atoms with Crippen LogP contribution in [0.1, 0.15) is 18.9 Å². The molecule has 1 saturated heterocycles. The summed E-state index contributed by atoms with van der Waals surface area (Å²) in [5.74, 6) is -1.08. The minimum atomic E-state index is -0.623. The fourth-order valence-electron chi connectivity index (χ4n) is 2.30. The normalized spacial score (nSPS) is 17.9. The largest absolute Gasteiger partial charge is 0.465 e. The number of nitrogens with zero attached hydrogens (tertiary/aromatic N) is 1. The third-order valence-corrected chi connectivity index (χ3v) is 3.25. The summed E-state index contributed by atoms with van der Waals surface area (Å²) in [6, 6.07) is 8.86. The number of nitrogens with one attached hydrogen (secondary N) is 1. The fourth-order valence-corrected chi connectivity index (χ4v) is 2.30. The maximum Gasteiger partial charge on any atom is 0.320 e. The van der Waals surface area contributed by atoms with Gasteiger partial charge in [-0.3, -0.25) is 24.6 Å². The third kappa shape index (κ3) is 4.13. The van der Waals surface area contributed by atoms with Gasteiger partial charge in [-0.2, -0.15) is 0 Å². The Morgan fingerprint density at radius 1 is 1.33 bits per heavy atom. The molecule has 6 nitrogen and oxygen atoms in total.